The van der Waals surface area contributed by atoms with Crippen LogP contribution in [0.3, 0.4) is 0 Å². The molecule has 3 aliphatic rings. The van der Waals surface area contributed by atoms with Gasteiger partial charge in [0, 0.05) is 28.5 Å². The van der Waals surface area contributed by atoms with E-state index in [4.69, 9.17) is 11.6 Å². The topological polar surface area (TPSA) is 25.2 Å². The average Bonchev–Trinajstić information content (AvgIpc) is 2.50. The van der Waals surface area contributed by atoms with Crippen molar-refractivity contribution in [3.05, 3.63) is 45.8 Å². The van der Waals surface area contributed by atoms with Crippen LogP contribution >= 0.6 is 24.0 Å². The molecule has 2 bridgehead atoms. The van der Waals surface area contributed by atoms with E-state index in [0.717, 1.165) is 17.3 Å². The van der Waals surface area contributed by atoms with Gasteiger partial charge in [-0.25, -0.2) is 0 Å². The molecule has 1 unspecified atom stereocenters. The van der Waals surface area contributed by atoms with Crippen molar-refractivity contribution in [3.63, 3.8) is 0 Å². The van der Waals surface area contributed by atoms with Crippen molar-refractivity contribution in [1.29, 1.82) is 0 Å². The highest BCUT2D eigenvalue weighted by Gasteiger charge is 2.35. The first-order chi connectivity index (χ1) is 9.74. The number of fused-ring (bicyclic) bond motifs is 4. The normalized spacial score (nSPS) is 27.6. The van der Waals surface area contributed by atoms with Crippen molar-refractivity contribution in [3.8, 4) is 0 Å². The molecule has 3 saturated heterocycles. The van der Waals surface area contributed by atoms with Crippen molar-refractivity contribution in [2.24, 2.45) is 5.92 Å². The van der Waals surface area contributed by atoms with Gasteiger partial charge in [0.2, 0.25) is 0 Å². The first-order valence-corrected chi connectivity index (χ1v) is 7.63. The first kappa shape index (κ1) is 14.9. The maximum absolute atomic E-state index is 12.7. The molecule has 1 aromatic heterocycles. The molecule has 0 N–H and O–H groups in total. The second-order valence-electron chi connectivity index (χ2n) is 5.93. The molecule has 5 rings (SSSR count). The second-order valence-corrected chi connectivity index (χ2v) is 6.34. The number of hydrogen-bond donors (Lipinski definition) is 0. The van der Waals surface area contributed by atoms with E-state index in [9.17, 15) is 4.79 Å². The largest absolute Gasteiger partial charge is 0.310 e. The molecular formula is C16H18Cl2N2O. The van der Waals surface area contributed by atoms with E-state index >= 15 is 0 Å². The van der Waals surface area contributed by atoms with Crippen molar-refractivity contribution < 1.29 is 0 Å². The Balaban J connectivity index is 0.00000132. The van der Waals surface area contributed by atoms with Crippen LogP contribution in [0.2, 0.25) is 5.02 Å². The summed E-state index contributed by atoms with van der Waals surface area (Å²) in [5.41, 5.74) is 0.101. The molecule has 2 aromatic rings. The summed E-state index contributed by atoms with van der Waals surface area (Å²) in [6.07, 6.45) is 4.36. The summed E-state index contributed by atoms with van der Waals surface area (Å²) in [4.78, 5) is 15.2. The molecule has 112 valence electrons. The minimum absolute atomic E-state index is 0. The summed E-state index contributed by atoms with van der Waals surface area (Å²) in [5, 5.41) is 2.24. The number of piperidine rings is 3. The van der Waals surface area contributed by atoms with Gasteiger partial charge in [0.1, 0.15) is 0 Å². The molecule has 0 aliphatic carbocycles. The Labute approximate surface area is 134 Å². The number of nitrogens with zero attached hydrogens (tertiary/aromatic N) is 2. The van der Waals surface area contributed by atoms with E-state index in [0.29, 0.717) is 17.0 Å². The Kier molecular flexibility index (Phi) is 4.00. The van der Waals surface area contributed by atoms with Crippen LogP contribution in [0.25, 0.3) is 10.8 Å². The summed E-state index contributed by atoms with van der Waals surface area (Å²) in [6, 6.07) is 7.88. The van der Waals surface area contributed by atoms with Gasteiger partial charge in [0.25, 0.3) is 5.56 Å². The highest BCUT2D eigenvalue weighted by atomic mass is 35.5. The molecule has 3 fully saturated rings. The second kappa shape index (κ2) is 5.64. The fourth-order valence-electron chi connectivity index (χ4n) is 3.76. The van der Waals surface area contributed by atoms with E-state index in [-0.39, 0.29) is 18.0 Å². The lowest BCUT2D eigenvalue weighted by molar-refractivity contribution is 0.0556. The summed E-state index contributed by atoms with van der Waals surface area (Å²) >= 11 is 6.17. The van der Waals surface area contributed by atoms with E-state index < -0.39 is 0 Å². The third-order valence-electron chi connectivity index (χ3n) is 4.90. The van der Waals surface area contributed by atoms with E-state index in [1.54, 1.807) is 0 Å². The van der Waals surface area contributed by atoms with Crippen molar-refractivity contribution in [1.82, 2.24) is 9.47 Å². The number of hydrogen-bond acceptors (Lipinski definition) is 2. The summed E-state index contributed by atoms with van der Waals surface area (Å²) in [7, 11) is 0. The molecule has 0 amide bonds. The number of rotatable bonds is 1. The van der Waals surface area contributed by atoms with Gasteiger partial charge < -0.3 is 9.47 Å². The minimum Gasteiger partial charge on any atom is -0.310 e. The smallest absolute Gasteiger partial charge is 0.258 e. The first-order valence-electron chi connectivity index (χ1n) is 7.26. The molecule has 5 heteroatoms. The van der Waals surface area contributed by atoms with Crippen LogP contribution in [-0.4, -0.2) is 29.1 Å². The number of halogens is 2. The Morgan fingerprint density at radius 2 is 1.86 bits per heavy atom. The van der Waals surface area contributed by atoms with Crippen LogP contribution in [-0.2, 0) is 0 Å². The molecule has 4 heterocycles. The Bertz CT molecular complexity index is 720. The zero-order chi connectivity index (χ0) is 13.7. The molecule has 3 nitrogen and oxygen atoms in total. The van der Waals surface area contributed by atoms with Gasteiger partial charge in [-0.05, 0) is 50.0 Å². The number of aromatic nitrogens is 1. The van der Waals surface area contributed by atoms with Crippen molar-refractivity contribution >= 4 is 34.8 Å². The quantitative estimate of drug-likeness (QED) is 0.803. The maximum atomic E-state index is 12.7. The van der Waals surface area contributed by atoms with Crippen LogP contribution in [0.4, 0.5) is 0 Å². The molecule has 0 saturated carbocycles. The molecular weight excluding hydrogens is 307 g/mol. The third-order valence-corrected chi connectivity index (χ3v) is 5.23. The predicted octanol–water partition coefficient (Wildman–Crippen LogP) is 3.34. The van der Waals surface area contributed by atoms with Gasteiger partial charge >= 0.3 is 0 Å². The summed E-state index contributed by atoms with van der Waals surface area (Å²) < 4.78 is 1.94. The van der Waals surface area contributed by atoms with Crippen LogP contribution in [0, 0.1) is 5.92 Å². The fraction of sp³-hybridized carbons (Fsp3) is 0.438. The zero-order valence-corrected chi connectivity index (χ0v) is 13.2. The van der Waals surface area contributed by atoms with Gasteiger partial charge in [0.05, 0.1) is 6.04 Å². The van der Waals surface area contributed by atoms with Gasteiger partial charge in [0.15, 0.2) is 0 Å². The van der Waals surface area contributed by atoms with Crippen LogP contribution in [0.5, 0.6) is 0 Å². The van der Waals surface area contributed by atoms with Gasteiger partial charge in [-0.1, -0.05) is 17.7 Å². The molecule has 0 spiro atoms. The Hall–Kier alpha value is -1.03. The molecule has 21 heavy (non-hydrogen) atoms. The highest BCUT2D eigenvalue weighted by molar-refractivity contribution is 6.35. The Morgan fingerprint density at radius 3 is 2.52 bits per heavy atom. The average molecular weight is 325 g/mol. The van der Waals surface area contributed by atoms with Crippen LogP contribution in [0.1, 0.15) is 18.9 Å². The molecule has 0 radical (unpaired) electrons. The summed E-state index contributed by atoms with van der Waals surface area (Å²) in [5.74, 6) is 0.648. The lowest BCUT2D eigenvalue weighted by atomic mass is 9.84. The van der Waals surface area contributed by atoms with Crippen LogP contribution in [0.15, 0.2) is 35.3 Å². The van der Waals surface area contributed by atoms with E-state index in [1.165, 1.54) is 25.9 Å². The lowest BCUT2D eigenvalue weighted by Gasteiger charge is -2.45. The Morgan fingerprint density at radius 1 is 1.10 bits per heavy atom. The van der Waals surface area contributed by atoms with Gasteiger partial charge in [-0.15, -0.1) is 12.4 Å². The predicted molar refractivity (Wildman–Crippen MR) is 88.7 cm³/mol. The number of benzene rings is 1. The highest BCUT2D eigenvalue weighted by Crippen LogP contribution is 2.35. The number of pyridine rings is 1. The SMILES string of the molecule is Cl.O=c1c2cccc(Cl)c2ccn1C1CN2CCC1CC2. The zero-order valence-electron chi connectivity index (χ0n) is 11.7. The lowest BCUT2D eigenvalue weighted by Crippen LogP contribution is -2.49. The molecule has 3 aliphatic heterocycles. The van der Waals surface area contributed by atoms with Gasteiger partial charge in [-0.3, -0.25) is 4.79 Å². The monoisotopic (exact) mass is 324 g/mol. The van der Waals surface area contributed by atoms with Crippen molar-refractivity contribution in [2.45, 2.75) is 18.9 Å². The maximum Gasteiger partial charge on any atom is 0.258 e. The van der Waals surface area contributed by atoms with Gasteiger partial charge in [-0.2, -0.15) is 0 Å². The van der Waals surface area contributed by atoms with E-state index in [1.807, 2.05) is 35.0 Å². The van der Waals surface area contributed by atoms with E-state index in [2.05, 4.69) is 4.90 Å². The third kappa shape index (κ3) is 2.37. The molecule has 1 atom stereocenters. The van der Waals surface area contributed by atoms with Crippen molar-refractivity contribution in [2.75, 3.05) is 19.6 Å². The summed E-state index contributed by atoms with van der Waals surface area (Å²) in [6.45, 7) is 3.39. The standard InChI is InChI=1S/C16H17ClN2O.ClH/c17-14-3-1-2-13-12(14)6-9-19(16(13)20)15-10-18-7-4-11(15)5-8-18;/h1-3,6,9,11,15H,4-5,7-8,10H2;1H. The fourth-order valence-corrected chi connectivity index (χ4v) is 4.00. The molecule has 1 aromatic carbocycles. The van der Waals surface area contributed by atoms with Crippen LogP contribution < -0.4 is 5.56 Å². The minimum atomic E-state index is 0.